The number of nitrogens with zero attached hydrogens (tertiary/aromatic N) is 1. The molecule has 1 fully saturated rings. The Morgan fingerprint density at radius 2 is 2.22 bits per heavy atom. The van der Waals surface area contributed by atoms with Gasteiger partial charge < -0.3 is 17.6 Å². The van der Waals surface area contributed by atoms with Crippen molar-refractivity contribution in [2.45, 2.75) is 19.4 Å². The Kier molecular flexibility index (Phi) is 8.21. The second kappa shape index (κ2) is 8.22. The van der Waals surface area contributed by atoms with E-state index < -0.39 is 0 Å². The summed E-state index contributed by atoms with van der Waals surface area (Å²) in [7, 11) is 2.08. The summed E-state index contributed by atoms with van der Waals surface area (Å²) >= 11 is 0. The molecule has 1 atom stereocenters. The fourth-order valence-electron chi connectivity index (χ4n) is 1.97. The molecule has 1 aromatic rings. The molecule has 0 saturated carbocycles. The first-order valence-electron chi connectivity index (χ1n) is 5.63. The van der Waals surface area contributed by atoms with Crippen LogP contribution in [0.4, 0.5) is 0 Å². The van der Waals surface area contributed by atoms with Crippen LogP contribution in [0.3, 0.4) is 0 Å². The van der Waals surface area contributed by atoms with E-state index in [4.69, 9.17) is 0 Å². The number of benzene rings is 1. The van der Waals surface area contributed by atoms with E-state index in [1.54, 1.807) is 6.07 Å². The molecule has 0 radical (unpaired) electrons. The van der Waals surface area contributed by atoms with Crippen molar-refractivity contribution in [3.8, 4) is 0 Å². The monoisotopic (exact) mass is 384 g/mol. The van der Waals surface area contributed by atoms with Crippen LogP contribution in [0.15, 0.2) is 18.2 Å². The summed E-state index contributed by atoms with van der Waals surface area (Å²) in [5.74, 6) is 0.0107. The quantitative estimate of drug-likeness (QED) is 0.790. The van der Waals surface area contributed by atoms with E-state index in [0.29, 0.717) is 11.6 Å². The number of likely N-dealkylation sites (tertiary alicyclic amines) is 1. The second-order valence-electron chi connectivity index (χ2n) is 4.48. The zero-order valence-corrected chi connectivity index (χ0v) is 13.8. The molecule has 1 amide bonds. The normalized spacial score (nSPS) is 18.7. The van der Waals surface area contributed by atoms with Crippen molar-refractivity contribution in [1.29, 1.82) is 0 Å². The van der Waals surface area contributed by atoms with Crippen molar-refractivity contribution in [2.24, 2.45) is 0 Å². The van der Waals surface area contributed by atoms with E-state index in [1.807, 2.05) is 19.1 Å². The number of amides is 1. The van der Waals surface area contributed by atoms with Crippen molar-refractivity contribution >= 4 is 5.91 Å². The minimum absolute atomic E-state index is 0. The van der Waals surface area contributed by atoms with Gasteiger partial charge in [-0.1, -0.05) is 12.5 Å². The maximum Gasteiger partial charge on any atom is 0.195 e. The van der Waals surface area contributed by atoms with Gasteiger partial charge in [-0.25, -0.2) is 0 Å². The van der Waals surface area contributed by atoms with Crippen LogP contribution in [0.5, 0.6) is 0 Å². The third kappa shape index (κ3) is 4.93. The van der Waals surface area contributed by atoms with E-state index in [-0.39, 0.29) is 53.7 Å². The van der Waals surface area contributed by atoms with E-state index in [2.05, 4.69) is 23.3 Å². The number of rotatable bonds is 2. The SMILES string of the molecule is Cc1[c-]cc(C(=O)N[C@H]2CCN(C)C2)cc1.[CH3-].[Sm]. The van der Waals surface area contributed by atoms with E-state index in [0.717, 1.165) is 25.1 Å². The van der Waals surface area contributed by atoms with Crippen LogP contribution in [-0.4, -0.2) is 37.0 Å². The van der Waals surface area contributed by atoms with Crippen LogP contribution in [0, 0.1) is 60.8 Å². The summed E-state index contributed by atoms with van der Waals surface area (Å²) < 4.78 is 0. The molecule has 1 heterocycles. The van der Waals surface area contributed by atoms with Crippen LogP contribution < -0.4 is 5.32 Å². The van der Waals surface area contributed by atoms with Crippen molar-refractivity contribution in [3.05, 3.63) is 42.8 Å². The first-order valence-corrected chi connectivity index (χ1v) is 5.63. The molecule has 2 rings (SSSR count). The van der Waals surface area contributed by atoms with Crippen molar-refractivity contribution < 1.29 is 45.2 Å². The number of likely N-dealkylation sites (N-methyl/N-ethyl adjacent to an activating group) is 1. The summed E-state index contributed by atoms with van der Waals surface area (Å²) in [6, 6.07) is 8.85. The molecule has 1 aromatic carbocycles. The van der Waals surface area contributed by atoms with E-state index >= 15 is 0 Å². The van der Waals surface area contributed by atoms with Gasteiger partial charge in [-0.15, -0.1) is 0 Å². The minimum atomic E-state index is 0. The number of hydrogen-bond donors (Lipinski definition) is 1. The van der Waals surface area contributed by atoms with E-state index in [1.165, 1.54) is 0 Å². The van der Waals surface area contributed by atoms with Gasteiger partial charge >= 0.3 is 0 Å². The molecule has 1 aliphatic rings. The van der Waals surface area contributed by atoms with Gasteiger partial charge in [-0.2, -0.15) is 29.8 Å². The standard InChI is InChI=1S/C13H17N2O.CH3.Sm/c1-10-3-5-11(6-4-10)13(16)14-12-7-8-15(2)9-12;;/h3,5-6,12H,7-9H2,1-2H3,(H,14,16);1H3;/q2*-1;/t12-;;/m0../s1. The molecule has 1 saturated heterocycles. The summed E-state index contributed by atoms with van der Waals surface area (Å²) in [4.78, 5) is 14.1. The molecule has 100 valence electrons. The maximum absolute atomic E-state index is 11.9. The number of carbonyl (C=O) groups is 1. The summed E-state index contributed by atoms with van der Waals surface area (Å²) in [5.41, 5.74) is 1.75. The zero-order chi connectivity index (χ0) is 11.5. The fraction of sp³-hybridized carbons (Fsp3) is 0.429. The Bertz CT molecular complexity index is 378. The molecule has 0 aromatic heterocycles. The first-order chi connectivity index (χ1) is 7.65. The molecule has 0 unspecified atom stereocenters. The van der Waals surface area contributed by atoms with Gasteiger partial charge in [0.25, 0.3) is 0 Å². The molecular weight excluding hydrogens is 363 g/mol. The van der Waals surface area contributed by atoms with Crippen molar-refractivity contribution in [1.82, 2.24) is 10.2 Å². The zero-order valence-electron chi connectivity index (χ0n) is 11.2. The molecule has 0 spiro atoms. The largest absolute Gasteiger partial charge is 0.358 e. The number of nitrogens with one attached hydrogen (secondary N) is 1. The van der Waals surface area contributed by atoms with Gasteiger partial charge in [-0.3, -0.25) is 4.79 Å². The van der Waals surface area contributed by atoms with Crippen LogP contribution in [0.2, 0.25) is 0 Å². The van der Waals surface area contributed by atoms with Crippen LogP contribution >= 0.6 is 0 Å². The second-order valence-corrected chi connectivity index (χ2v) is 4.48. The average molecular weight is 383 g/mol. The molecule has 0 bridgehead atoms. The Morgan fingerprint density at radius 1 is 1.50 bits per heavy atom. The third-order valence-corrected chi connectivity index (χ3v) is 2.96. The third-order valence-electron chi connectivity index (χ3n) is 2.96. The summed E-state index contributed by atoms with van der Waals surface area (Å²) in [6.45, 7) is 3.97. The van der Waals surface area contributed by atoms with Crippen LogP contribution in [0.1, 0.15) is 22.3 Å². The number of hydrogen-bond acceptors (Lipinski definition) is 2. The maximum atomic E-state index is 11.9. The Hall–Kier alpha value is -0.0123. The molecule has 1 N–H and O–H groups in total. The topological polar surface area (TPSA) is 32.3 Å². The predicted octanol–water partition coefficient (Wildman–Crippen LogP) is 1.68. The molecule has 4 heteroatoms. The van der Waals surface area contributed by atoms with E-state index in [9.17, 15) is 4.79 Å². The minimum Gasteiger partial charge on any atom is -0.358 e. The Labute approximate surface area is 142 Å². The molecule has 1 aliphatic heterocycles. The summed E-state index contributed by atoms with van der Waals surface area (Å²) in [6.07, 6.45) is 1.04. The molecule has 3 nitrogen and oxygen atoms in total. The summed E-state index contributed by atoms with van der Waals surface area (Å²) in [5, 5.41) is 3.04. The van der Waals surface area contributed by atoms with Gasteiger partial charge in [0.2, 0.25) is 0 Å². The Balaban J connectivity index is 0.00000144. The number of aryl methyl sites for hydroxylation is 1. The van der Waals surface area contributed by atoms with Gasteiger partial charge in [0.05, 0.1) is 0 Å². The molecule has 0 aliphatic carbocycles. The smallest absolute Gasteiger partial charge is 0.195 e. The fourth-order valence-corrected chi connectivity index (χ4v) is 1.97. The Morgan fingerprint density at radius 3 is 2.72 bits per heavy atom. The van der Waals surface area contributed by atoms with Gasteiger partial charge in [0.1, 0.15) is 0 Å². The molecular formula is C14H20N2OSm-2. The number of carbonyl (C=O) groups excluding carboxylic acids is 1. The average Bonchev–Trinajstić information content (AvgIpc) is 2.65. The van der Waals surface area contributed by atoms with Crippen molar-refractivity contribution in [3.63, 3.8) is 0 Å². The van der Waals surface area contributed by atoms with Gasteiger partial charge in [0.15, 0.2) is 5.91 Å². The van der Waals surface area contributed by atoms with Gasteiger partial charge in [0, 0.05) is 53.0 Å². The van der Waals surface area contributed by atoms with Gasteiger partial charge in [-0.05, 0) is 20.0 Å². The van der Waals surface area contributed by atoms with Crippen LogP contribution in [0.25, 0.3) is 0 Å². The predicted molar refractivity (Wildman–Crippen MR) is 69.8 cm³/mol. The molecule has 18 heavy (non-hydrogen) atoms. The first kappa shape index (κ1) is 18.0. The van der Waals surface area contributed by atoms with Crippen molar-refractivity contribution in [2.75, 3.05) is 20.1 Å². The van der Waals surface area contributed by atoms with Crippen LogP contribution in [-0.2, 0) is 0 Å².